The van der Waals surface area contributed by atoms with Crippen LogP contribution in [0.1, 0.15) is 32.5 Å². The molecule has 0 aliphatic carbocycles. The molecule has 0 unspecified atom stereocenters. The molecule has 1 amide bonds. The van der Waals surface area contributed by atoms with Crippen LogP contribution in [-0.4, -0.2) is 34.8 Å². The predicted molar refractivity (Wildman–Crippen MR) is 130 cm³/mol. The summed E-state index contributed by atoms with van der Waals surface area (Å²) in [4.78, 5) is 42.2. The van der Waals surface area contributed by atoms with E-state index >= 15 is 0 Å². The zero-order valence-corrected chi connectivity index (χ0v) is 21.3. The normalized spacial score (nSPS) is 14.3. The summed E-state index contributed by atoms with van der Waals surface area (Å²) >= 11 is 4.84. The van der Waals surface area contributed by atoms with Gasteiger partial charge >= 0.3 is 17.2 Å². The number of nitrogens with zero attached hydrogens (tertiary/aromatic N) is 3. The van der Waals surface area contributed by atoms with Gasteiger partial charge in [0.25, 0.3) is 6.17 Å². The number of fused-ring (bicyclic) bond motifs is 3. The average molecular weight is 546 g/mol. The van der Waals surface area contributed by atoms with Gasteiger partial charge in [0.2, 0.25) is 11.1 Å². The second-order valence-electron chi connectivity index (χ2n) is 7.39. The fourth-order valence-electron chi connectivity index (χ4n) is 3.95. The largest absolute Gasteiger partial charge is 0.493 e. The minimum absolute atomic E-state index is 0.218. The van der Waals surface area contributed by atoms with Crippen LogP contribution in [0.3, 0.4) is 0 Å². The Labute approximate surface area is 208 Å². The molecule has 1 aliphatic heterocycles. The van der Waals surface area contributed by atoms with E-state index < -0.39 is 12.1 Å². The third kappa shape index (κ3) is 4.21. The maximum atomic E-state index is 13.2. The fourth-order valence-corrected chi connectivity index (χ4v) is 5.07. The number of methoxy groups -OCH3 is 1. The Morgan fingerprint density at radius 1 is 1.26 bits per heavy atom. The van der Waals surface area contributed by atoms with Gasteiger partial charge < -0.3 is 9.47 Å². The Morgan fingerprint density at radius 2 is 2.00 bits per heavy atom. The van der Waals surface area contributed by atoms with E-state index in [1.165, 1.54) is 32.7 Å². The molecule has 34 heavy (non-hydrogen) atoms. The molecule has 0 bridgehead atoms. The number of carbonyl (C=O) groups is 2. The number of thioether (sulfide) groups is 1. The first-order valence-electron chi connectivity index (χ1n) is 10.4. The molecule has 9 nitrogen and oxygen atoms in total. The zero-order chi connectivity index (χ0) is 24.6. The molecule has 2 heterocycles. The SMILES string of the molecule is CCSc1n[n+]2c(c(=O)[nH]1)-c1ccccc1N(C(C)=O)[C@H]2c1cc(Br)c(OC(C)=O)c(OC)c1. The molecule has 1 N–H and O–H groups in total. The number of carbonyl (C=O) groups excluding carboxylic acids is 2. The molecule has 0 spiro atoms. The second kappa shape index (κ2) is 9.59. The third-order valence-corrected chi connectivity index (χ3v) is 6.51. The monoisotopic (exact) mass is 545 g/mol. The van der Waals surface area contributed by atoms with Crippen LogP contribution in [0.25, 0.3) is 11.3 Å². The molecular weight excluding hydrogens is 524 g/mol. The van der Waals surface area contributed by atoms with Crippen molar-refractivity contribution in [1.82, 2.24) is 10.1 Å². The first-order chi connectivity index (χ1) is 16.3. The highest BCUT2D eigenvalue weighted by molar-refractivity contribution is 9.10. The first kappa shape index (κ1) is 24.0. The molecule has 2 aromatic carbocycles. The topological polar surface area (TPSA) is 105 Å². The molecule has 0 fully saturated rings. The summed E-state index contributed by atoms with van der Waals surface area (Å²) in [5.74, 6) is 0.475. The smallest absolute Gasteiger partial charge is 0.325 e. The van der Waals surface area contributed by atoms with Gasteiger partial charge in [-0.25, -0.2) is 4.90 Å². The van der Waals surface area contributed by atoms with Crippen LogP contribution >= 0.6 is 27.7 Å². The minimum Gasteiger partial charge on any atom is -0.493 e. The van der Waals surface area contributed by atoms with Crippen LogP contribution < -0.4 is 24.6 Å². The molecule has 1 aliphatic rings. The predicted octanol–water partition coefficient (Wildman–Crippen LogP) is 3.45. The molecule has 0 saturated heterocycles. The minimum atomic E-state index is -0.794. The quantitative estimate of drug-likeness (QED) is 0.226. The first-order valence-corrected chi connectivity index (χ1v) is 12.2. The third-order valence-electron chi connectivity index (χ3n) is 5.17. The van der Waals surface area contributed by atoms with Crippen molar-refractivity contribution in [1.29, 1.82) is 0 Å². The van der Waals surface area contributed by atoms with Crippen LogP contribution in [-0.2, 0) is 9.59 Å². The number of hydrogen-bond acceptors (Lipinski definition) is 7. The van der Waals surface area contributed by atoms with Crippen molar-refractivity contribution >= 4 is 45.3 Å². The Morgan fingerprint density at radius 3 is 2.65 bits per heavy atom. The Kier molecular flexibility index (Phi) is 6.76. The molecule has 1 atom stereocenters. The highest BCUT2D eigenvalue weighted by Crippen LogP contribution is 2.42. The van der Waals surface area contributed by atoms with E-state index in [1.807, 2.05) is 19.1 Å². The van der Waals surface area contributed by atoms with Crippen molar-refractivity contribution in [3.05, 3.63) is 56.8 Å². The van der Waals surface area contributed by atoms with Crippen molar-refractivity contribution in [2.75, 3.05) is 17.8 Å². The molecule has 0 saturated carbocycles. The number of amides is 1. The van der Waals surface area contributed by atoms with E-state index in [4.69, 9.17) is 14.6 Å². The van der Waals surface area contributed by atoms with Crippen LogP contribution in [0.4, 0.5) is 5.69 Å². The lowest BCUT2D eigenvalue weighted by Gasteiger charge is -2.31. The molecule has 176 valence electrons. The highest BCUT2D eigenvalue weighted by atomic mass is 79.9. The van der Waals surface area contributed by atoms with Crippen molar-refractivity contribution < 1.29 is 23.7 Å². The van der Waals surface area contributed by atoms with Crippen molar-refractivity contribution in [2.24, 2.45) is 0 Å². The molecular formula is C23H22BrN4O5S+. The summed E-state index contributed by atoms with van der Waals surface area (Å²) in [6, 6.07) is 10.6. The lowest BCUT2D eigenvalue weighted by molar-refractivity contribution is -0.763. The van der Waals surface area contributed by atoms with Gasteiger partial charge in [0, 0.05) is 18.9 Å². The van der Waals surface area contributed by atoms with Gasteiger partial charge in [-0.3, -0.25) is 19.4 Å². The van der Waals surface area contributed by atoms with Crippen LogP contribution in [0, 0.1) is 0 Å². The van der Waals surface area contributed by atoms with Gasteiger partial charge in [-0.2, -0.15) is 0 Å². The summed E-state index contributed by atoms with van der Waals surface area (Å²) < 4.78 is 12.8. The van der Waals surface area contributed by atoms with Crippen LogP contribution in [0.15, 0.2) is 50.8 Å². The maximum Gasteiger partial charge on any atom is 0.325 e. The Bertz CT molecular complexity index is 1360. The van der Waals surface area contributed by atoms with E-state index in [0.717, 1.165) is 0 Å². The Hall–Kier alpha value is -3.18. The number of esters is 1. The summed E-state index contributed by atoms with van der Waals surface area (Å²) in [5, 5.41) is 5.13. The molecule has 3 aromatic rings. The van der Waals surface area contributed by atoms with Crippen LogP contribution in [0.5, 0.6) is 11.5 Å². The summed E-state index contributed by atoms with van der Waals surface area (Å²) in [6.07, 6.45) is -0.794. The Balaban J connectivity index is 2.04. The van der Waals surface area contributed by atoms with Crippen molar-refractivity contribution in [2.45, 2.75) is 32.1 Å². The number of anilines is 1. The summed E-state index contributed by atoms with van der Waals surface area (Å²) in [6.45, 7) is 4.72. The number of rotatable bonds is 5. The van der Waals surface area contributed by atoms with Gasteiger partial charge in [0.15, 0.2) is 11.5 Å². The van der Waals surface area contributed by atoms with Gasteiger partial charge in [-0.1, -0.05) is 30.8 Å². The molecule has 4 rings (SSSR count). The lowest BCUT2D eigenvalue weighted by atomic mass is 10.0. The van der Waals surface area contributed by atoms with E-state index in [2.05, 4.69) is 20.9 Å². The number of aromatic nitrogens is 3. The van der Waals surface area contributed by atoms with E-state index in [-0.39, 0.29) is 23.0 Å². The van der Waals surface area contributed by atoms with Gasteiger partial charge in [-0.15, -0.1) is 0 Å². The second-order valence-corrected chi connectivity index (χ2v) is 9.50. The maximum absolute atomic E-state index is 13.2. The number of ether oxygens (including phenoxy) is 2. The summed E-state index contributed by atoms with van der Waals surface area (Å²) in [7, 11) is 1.46. The highest BCUT2D eigenvalue weighted by Gasteiger charge is 2.45. The zero-order valence-electron chi connectivity index (χ0n) is 18.9. The number of nitrogens with one attached hydrogen (secondary N) is 1. The standard InChI is InChI=1S/C23H21BrN4O5S/c1-5-34-23-25-21(31)19-15-8-6-7-9-17(15)27(12(2)29)22(28(19)26-23)14-10-16(24)20(33-13(3)30)18(11-14)32-4/h6-11,22H,5H2,1-4H3/p+1/t22-/m1/s1. The molecule has 11 heteroatoms. The average Bonchev–Trinajstić information content (AvgIpc) is 2.78. The lowest BCUT2D eigenvalue weighted by Crippen LogP contribution is -2.60. The van der Waals surface area contributed by atoms with Gasteiger partial charge in [0.05, 0.1) is 28.4 Å². The van der Waals surface area contributed by atoms with Crippen molar-refractivity contribution in [3.8, 4) is 22.8 Å². The fraction of sp³-hybridized carbons (Fsp3) is 0.261. The van der Waals surface area contributed by atoms with E-state index in [0.29, 0.717) is 37.9 Å². The number of hydrogen-bond donors (Lipinski definition) is 1. The molecule has 0 radical (unpaired) electrons. The van der Waals surface area contributed by atoms with E-state index in [9.17, 15) is 14.4 Å². The number of H-pyrrole nitrogens is 1. The van der Waals surface area contributed by atoms with Crippen molar-refractivity contribution in [3.63, 3.8) is 0 Å². The number of benzene rings is 2. The number of para-hydroxylation sites is 1. The van der Waals surface area contributed by atoms with Crippen LogP contribution in [0.2, 0.25) is 0 Å². The summed E-state index contributed by atoms with van der Waals surface area (Å²) in [5.41, 5.74) is 1.80. The number of halogens is 1. The van der Waals surface area contributed by atoms with Gasteiger partial charge in [0.1, 0.15) is 0 Å². The number of aromatic amines is 1. The van der Waals surface area contributed by atoms with E-state index in [1.54, 1.807) is 33.8 Å². The molecule has 1 aromatic heterocycles. The van der Waals surface area contributed by atoms with Gasteiger partial charge in [-0.05, 0) is 50.6 Å².